The maximum Gasteiger partial charge on any atom is 2.00 e. The van der Waals surface area contributed by atoms with E-state index in [1.165, 1.54) is 49.6 Å². The molecule has 0 amide bonds. The average Bonchev–Trinajstić information content (AvgIpc) is 4.09. The van der Waals surface area contributed by atoms with E-state index in [1.807, 2.05) is 61.1 Å². The summed E-state index contributed by atoms with van der Waals surface area (Å²) in [5.41, 5.74) is 5.46. The number of nitrogens with two attached hydrogens (primary N) is 1. The Morgan fingerprint density at radius 1 is 0.738 bits per heavy atom. The van der Waals surface area contributed by atoms with Crippen LogP contribution in [0.2, 0.25) is 0 Å². The number of hydrogen-bond donors (Lipinski definition) is 2. The van der Waals surface area contributed by atoms with Gasteiger partial charge in [0.1, 0.15) is 28.4 Å². The van der Waals surface area contributed by atoms with Crippen LogP contribution in [0.25, 0.3) is 33.4 Å². The van der Waals surface area contributed by atoms with Gasteiger partial charge in [-0.05, 0) is 80.6 Å². The third kappa shape index (κ3) is 22.6. The molecule has 0 saturated carbocycles. The van der Waals surface area contributed by atoms with Crippen molar-refractivity contribution in [1.29, 1.82) is 0 Å². The minimum Gasteiger partial charge on any atom is -1.00 e. The number of halogens is 4. The maximum absolute atomic E-state index is 14.1. The quantitative estimate of drug-likeness (QED) is 0.0975. The van der Waals surface area contributed by atoms with Crippen molar-refractivity contribution < 1.29 is 48.6 Å². The minimum absolute atomic E-state index is 0. The number of carbonyl (C=O) groups is 1. The SMILES string of the molecule is C1CCOC1.CC.CS(N)=O.Cn1cc(-c2ccc(C=NS(=O)C(C)(C)C)c(F)c2)cn1.Cn1cc(-c2ccc(C=O)c(F)c2)cn1.Cn1cc(-c2ccc(CO)c(F)c2)cn1.[CH3-].[Cl-].[Mg+2]. The van der Waals surface area contributed by atoms with Crippen LogP contribution in [-0.2, 0) is 54.5 Å². The number of nitrogens with zero attached hydrogens (tertiary/aromatic N) is 7. The van der Waals surface area contributed by atoms with Crippen molar-refractivity contribution in [2.75, 3.05) is 19.5 Å². The van der Waals surface area contributed by atoms with Gasteiger partial charge in [0.15, 0.2) is 6.29 Å². The monoisotopic (exact) mass is 972 g/mol. The molecule has 0 spiro atoms. The Balaban J connectivity index is 0. The Morgan fingerprint density at radius 3 is 1.38 bits per heavy atom. The molecule has 65 heavy (non-hydrogen) atoms. The van der Waals surface area contributed by atoms with Crippen LogP contribution in [0.3, 0.4) is 0 Å². The molecule has 1 fully saturated rings. The predicted octanol–water partition coefficient (Wildman–Crippen LogP) is 5.00. The summed E-state index contributed by atoms with van der Waals surface area (Å²) in [5.74, 6) is -1.30. The van der Waals surface area contributed by atoms with E-state index in [9.17, 15) is 26.4 Å². The van der Waals surface area contributed by atoms with E-state index >= 15 is 0 Å². The Kier molecular flexibility index (Phi) is 31.2. The van der Waals surface area contributed by atoms with E-state index in [4.69, 9.17) is 9.84 Å². The molecule has 0 aliphatic carbocycles. The van der Waals surface area contributed by atoms with E-state index in [2.05, 4.69) is 24.8 Å². The number of aliphatic hydroxyl groups excluding tert-OH is 1. The van der Waals surface area contributed by atoms with Gasteiger partial charge >= 0.3 is 23.1 Å². The third-order valence-corrected chi connectivity index (χ3v) is 9.45. The van der Waals surface area contributed by atoms with Crippen molar-refractivity contribution in [3.05, 3.63) is 133 Å². The summed E-state index contributed by atoms with van der Waals surface area (Å²) < 4.78 is 75.2. The molecular formula is C45H60ClF3MgN8O5S2. The van der Waals surface area contributed by atoms with Crippen molar-refractivity contribution >= 4 is 57.5 Å². The molecule has 0 bridgehead atoms. The summed E-state index contributed by atoms with van der Waals surface area (Å²) in [5, 5.41) is 25.5. The van der Waals surface area contributed by atoms with Gasteiger partial charge in [-0.3, -0.25) is 24.0 Å². The summed E-state index contributed by atoms with van der Waals surface area (Å²) in [4.78, 5) is 10.4. The number of carbonyl (C=O) groups excluding carboxylic acids is 1. The zero-order valence-corrected chi connectivity index (χ0v) is 42.5. The number of aromatic nitrogens is 6. The third-order valence-electron chi connectivity index (χ3n) is 8.10. The fraction of sp³-hybridized carbons (Fsp3) is 0.333. The molecule has 7 rings (SSSR count). The molecule has 1 aliphatic heterocycles. The topological polar surface area (TPSA) is 173 Å². The predicted molar refractivity (Wildman–Crippen MR) is 254 cm³/mol. The molecule has 2 atom stereocenters. The summed E-state index contributed by atoms with van der Waals surface area (Å²) in [6, 6.07) is 14.1. The fourth-order valence-corrected chi connectivity index (χ4v) is 5.48. The largest absolute Gasteiger partial charge is 2.00 e. The molecule has 3 aromatic carbocycles. The van der Waals surface area contributed by atoms with Crippen molar-refractivity contribution in [2.24, 2.45) is 30.7 Å². The Bertz CT molecular complexity index is 2370. The summed E-state index contributed by atoms with van der Waals surface area (Å²) >= 11 is 0. The van der Waals surface area contributed by atoms with Gasteiger partial charge in [-0.2, -0.15) is 19.7 Å². The first kappa shape index (κ1) is 62.7. The molecule has 0 radical (unpaired) electrons. The van der Waals surface area contributed by atoms with Crippen molar-refractivity contribution in [3.63, 3.8) is 0 Å². The first-order valence-corrected chi connectivity index (χ1v) is 22.2. The van der Waals surface area contributed by atoms with Crippen LogP contribution in [0.5, 0.6) is 0 Å². The van der Waals surface area contributed by atoms with Gasteiger partial charge in [-0.15, -0.1) is 0 Å². The molecule has 6 aromatic rings. The summed E-state index contributed by atoms with van der Waals surface area (Å²) in [6.07, 6.45) is 16.2. The summed E-state index contributed by atoms with van der Waals surface area (Å²) in [6.45, 7) is 11.2. The molecule has 4 heterocycles. The second-order valence-corrected chi connectivity index (χ2v) is 17.1. The van der Waals surface area contributed by atoms with Crippen LogP contribution >= 0.6 is 0 Å². The van der Waals surface area contributed by atoms with E-state index in [1.54, 1.807) is 76.2 Å². The molecule has 3 N–H and O–H groups in total. The van der Waals surface area contributed by atoms with Gasteiger partial charge in [0.05, 0.1) is 46.5 Å². The second-order valence-electron chi connectivity index (χ2n) is 14.2. The molecule has 352 valence electrons. The van der Waals surface area contributed by atoms with Gasteiger partial charge in [0.25, 0.3) is 0 Å². The number of ether oxygens (including phenoxy) is 1. The number of aldehydes is 1. The Labute approximate surface area is 408 Å². The van der Waals surface area contributed by atoms with Gasteiger partial charge in [-0.25, -0.2) is 21.6 Å². The van der Waals surface area contributed by atoms with Crippen LogP contribution in [0.4, 0.5) is 13.2 Å². The first-order valence-electron chi connectivity index (χ1n) is 19.4. The number of aryl methyl sites for hydroxylation is 3. The van der Waals surface area contributed by atoms with E-state index in [0.29, 0.717) is 23.0 Å². The van der Waals surface area contributed by atoms with Crippen LogP contribution in [-0.4, -0.2) is 103 Å². The van der Waals surface area contributed by atoms with Crippen molar-refractivity contribution in [2.45, 2.75) is 58.8 Å². The van der Waals surface area contributed by atoms with Crippen LogP contribution < -0.4 is 17.5 Å². The molecule has 3 aromatic heterocycles. The first-order chi connectivity index (χ1) is 29.4. The number of rotatable bonds is 7. The van der Waals surface area contributed by atoms with Gasteiger partial charge in [0, 0.05) is 93.2 Å². The average molecular weight is 974 g/mol. The number of hydrogen-bond acceptors (Lipinski definition) is 8. The summed E-state index contributed by atoms with van der Waals surface area (Å²) in [7, 11) is 2.90. The normalized spacial score (nSPS) is 12.2. The van der Waals surface area contributed by atoms with Crippen LogP contribution in [0.1, 0.15) is 68.9 Å². The molecule has 2 unspecified atom stereocenters. The molecule has 20 heteroatoms. The number of aliphatic hydroxyl groups is 1. The zero-order valence-electron chi connectivity index (χ0n) is 38.7. The molecular weight excluding hydrogens is 913 g/mol. The minimum atomic E-state index is -1.39. The van der Waals surface area contributed by atoms with Gasteiger partial charge < -0.3 is 29.7 Å². The number of benzene rings is 3. The molecule has 1 aliphatic rings. The van der Waals surface area contributed by atoms with Crippen LogP contribution in [0.15, 0.2) is 96.2 Å². The maximum atomic E-state index is 14.1. The van der Waals surface area contributed by atoms with E-state index in [0.717, 1.165) is 41.0 Å². The smallest absolute Gasteiger partial charge is 1.00 e. The van der Waals surface area contributed by atoms with Gasteiger partial charge in [0.2, 0.25) is 0 Å². The van der Waals surface area contributed by atoms with Crippen LogP contribution in [0, 0.1) is 24.9 Å². The Hall–Kier alpha value is -4.34. The van der Waals surface area contributed by atoms with Crippen molar-refractivity contribution in [3.8, 4) is 33.4 Å². The second kappa shape index (κ2) is 32.3. The Morgan fingerprint density at radius 2 is 1.11 bits per heavy atom. The standard InChI is InChI=1S/C15H18FN3OS.C11H11FN2O.C11H9FN2O.C4H8O.C2H6.CH5NOS.CH3.ClH.Mg/c1-15(2,3)21(20)18-9-12-6-5-11(7-14(12)16)13-8-17-19(4)10-13;2*1-14-6-10(5-13-14)8-2-3-9(7-15)11(12)4-8;1-2-4-5-3-1;1-2;1-4(2)3;;;/h5-10H,1-4H3;2-6,15H,7H2,1H3;2-7H,1H3;1-4H2;1-2H3;2H2,1H3;1H3;1H;/q;;;;;;-1;;+2/p-1. The van der Waals surface area contributed by atoms with E-state index in [-0.39, 0.29) is 60.9 Å². The zero-order chi connectivity index (χ0) is 46.4. The fourth-order valence-electron chi connectivity index (χ4n) is 4.95. The van der Waals surface area contributed by atoms with Gasteiger partial charge in [-0.1, -0.05) is 38.1 Å². The van der Waals surface area contributed by atoms with Crippen molar-refractivity contribution in [1.82, 2.24) is 29.3 Å². The van der Waals surface area contributed by atoms with E-state index < -0.39 is 38.4 Å². The molecule has 1 saturated heterocycles. The molecule has 13 nitrogen and oxygen atoms in total.